The molecule has 0 aromatic carbocycles. The zero-order valence-corrected chi connectivity index (χ0v) is 35.5. The van der Waals surface area contributed by atoms with E-state index >= 15 is 0 Å². The summed E-state index contributed by atoms with van der Waals surface area (Å²) in [4.78, 5) is 51.3. The van der Waals surface area contributed by atoms with E-state index in [4.69, 9.17) is 18.9 Å². The van der Waals surface area contributed by atoms with Crippen LogP contribution in [-0.2, 0) is 38.1 Å². The first-order chi connectivity index (χ1) is 24.4. The summed E-state index contributed by atoms with van der Waals surface area (Å²) in [5.41, 5.74) is 0. The van der Waals surface area contributed by atoms with Crippen LogP contribution >= 0.6 is 0 Å². The van der Waals surface area contributed by atoms with E-state index in [9.17, 15) is 19.2 Å². The largest absolute Gasteiger partial charge is 0.465 e. The van der Waals surface area contributed by atoms with Crippen molar-refractivity contribution in [3.05, 3.63) is 0 Å². The highest BCUT2D eigenvalue weighted by Gasteiger charge is 2.41. The van der Waals surface area contributed by atoms with Crippen LogP contribution < -0.4 is 0 Å². The zero-order chi connectivity index (χ0) is 39.4. The van der Waals surface area contributed by atoms with Gasteiger partial charge in [-0.3, -0.25) is 19.2 Å². The zero-order valence-electron chi connectivity index (χ0n) is 35.5. The second-order valence-corrected chi connectivity index (χ2v) is 18.3. The Hall–Kier alpha value is -2.12. The molecule has 0 aliphatic heterocycles. The molecule has 0 aromatic heterocycles. The maximum atomic E-state index is 13.2. The predicted octanol–water partition coefficient (Wildman–Crippen LogP) is 10.5. The number of carbonyl (C=O) groups is 4. The molecule has 0 saturated heterocycles. The number of hydrogen-bond donors (Lipinski definition) is 0. The molecule has 2 fully saturated rings. The first kappa shape index (κ1) is 47.9. The molecule has 0 N–H and O–H groups in total. The molecule has 2 saturated carbocycles. The van der Waals surface area contributed by atoms with Crippen molar-refractivity contribution >= 4 is 23.9 Å². The number of rotatable bonds is 20. The molecule has 0 aromatic rings. The topological polar surface area (TPSA) is 105 Å². The fourth-order valence-corrected chi connectivity index (χ4v) is 7.48. The minimum Gasteiger partial charge on any atom is -0.465 e. The molecule has 4 atom stereocenters. The van der Waals surface area contributed by atoms with E-state index < -0.39 is 11.8 Å². The summed E-state index contributed by atoms with van der Waals surface area (Å²) in [6.45, 7) is 25.6. The monoisotopic (exact) mass is 737 g/mol. The van der Waals surface area contributed by atoms with Crippen LogP contribution in [0.2, 0.25) is 0 Å². The second-order valence-electron chi connectivity index (χ2n) is 18.3. The number of ether oxygens (including phenoxy) is 4. The smallest absolute Gasteiger partial charge is 0.310 e. The fraction of sp³-hybridized carbons (Fsp3) is 0.909. The molecule has 4 unspecified atom stereocenters. The molecule has 2 aliphatic rings. The van der Waals surface area contributed by atoms with Gasteiger partial charge >= 0.3 is 23.9 Å². The standard InChI is InChI=1S/C26H46O4.C18H34O4/c1-19(2)17-29-25(27)23(15-21-11-7-5-8-12-21)24(26(28)30-18-20(3)4)16-22-13-9-6-10-14-22;1-11(2)9-21-17(19)15(13(5)6)16(14(7)8)18(20)22-10-12(3)4/h19-24H,5-18H2,1-4H3;11-16H,9-10H2,1-8H3. The van der Waals surface area contributed by atoms with Gasteiger partial charge < -0.3 is 18.9 Å². The average Bonchev–Trinajstić information content (AvgIpc) is 3.08. The van der Waals surface area contributed by atoms with Gasteiger partial charge in [0.2, 0.25) is 0 Å². The van der Waals surface area contributed by atoms with Crippen molar-refractivity contribution in [2.75, 3.05) is 26.4 Å². The van der Waals surface area contributed by atoms with Crippen LogP contribution in [0.5, 0.6) is 0 Å². The van der Waals surface area contributed by atoms with Gasteiger partial charge in [0.25, 0.3) is 0 Å². The molecule has 0 radical (unpaired) electrons. The van der Waals surface area contributed by atoms with Crippen LogP contribution in [0.4, 0.5) is 0 Å². The van der Waals surface area contributed by atoms with Gasteiger partial charge in [-0.2, -0.15) is 0 Å². The Labute approximate surface area is 319 Å². The third-order valence-electron chi connectivity index (χ3n) is 10.3. The van der Waals surface area contributed by atoms with Crippen molar-refractivity contribution in [1.29, 1.82) is 0 Å². The van der Waals surface area contributed by atoms with Crippen molar-refractivity contribution < 1.29 is 38.1 Å². The number of carbonyl (C=O) groups excluding carboxylic acids is 4. The van der Waals surface area contributed by atoms with E-state index in [1.807, 2.05) is 55.4 Å². The lowest BCUT2D eigenvalue weighted by Crippen LogP contribution is -2.39. The molecule has 2 aliphatic carbocycles. The van der Waals surface area contributed by atoms with Gasteiger partial charge in [-0.1, -0.05) is 147 Å². The average molecular weight is 737 g/mol. The second kappa shape index (κ2) is 25.8. The minimum atomic E-state index is -0.460. The van der Waals surface area contributed by atoms with Gasteiger partial charge in [-0.05, 0) is 60.2 Å². The maximum absolute atomic E-state index is 13.2. The van der Waals surface area contributed by atoms with Gasteiger partial charge in [-0.15, -0.1) is 0 Å². The molecule has 2 rings (SSSR count). The van der Waals surface area contributed by atoms with Gasteiger partial charge in [0, 0.05) is 0 Å². The molecular weight excluding hydrogens is 656 g/mol. The Balaban J connectivity index is 0.000000548. The Bertz CT molecular complexity index is 924. The van der Waals surface area contributed by atoms with Gasteiger partial charge in [0.15, 0.2) is 0 Å². The molecule has 8 heteroatoms. The highest BCUT2D eigenvalue weighted by molar-refractivity contribution is 5.83. The SMILES string of the molecule is CC(C)COC(=O)C(C(C)C)C(C(=O)OCC(C)C)C(C)C.CC(C)COC(=O)C(CC1CCCCC1)C(CC1CCCCC1)C(=O)OCC(C)C. The van der Waals surface area contributed by atoms with E-state index in [1.165, 1.54) is 64.2 Å². The lowest BCUT2D eigenvalue weighted by Gasteiger charge is -2.32. The Morgan fingerprint density at radius 3 is 0.885 bits per heavy atom. The third-order valence-corrected chi connectivity index (χ3v) is 10.3. The molecule has 0 spiro atoms. The Morgan fingerprint density at radius 1 is 0.404 bits per heavy atom. The van der Waals surface area contributed by atoms with Crippen LogP contribution in [0.25, 0.3) is 0 Å². The summed E-state index contributed by atoms with van der Waals surface area (Å²) in [6, 6.07) is 0. The van der Waals surface area contributed by atoms with E-state index in [2.05, 4.69) is 27.7 Å². The van der Waals surface area contributed by atoms with Gasteiger partial charge in [-0.25, -0.2) is 0 Å². The van der Waals surface area contributed by atoms with E-state index in [0.717, 1.165) is 12.8 Å². The number of hydrogen-bond acceptors (Lipinski definition) is 8. The van der Waals surface area contributed by atoms with Crippen molar-refractivity contribution in [3.63, 3.8) is 0 Å². The molecule has 304 valence electrons. The van der Waals surface area contributed by atoms with Crippen LogP contribution in [0.3, 0.4) is 0 Å². The van der Waals surface area contributed by atoms with Gasteiger partial charge in [0.05, 0.1) is 50.1 Å². The highest BCUT2D eigenvalue weighted by Crippen LogP contribution is 2.38. The molecule has 0 heterocycles. The maximum Gasteiger partial charge on any atom is 0.310 e. The summed E-state index contributed by atoms with van der Waals surface area (Å²) >= 11 is 0. The molecule has 0 amide bonds. The summed E-state index contributed by atoms with van der Waals surface area (Å²) < 4.78 is 22.2. The lowest BCUT2D eigenvalue weighted by molar-refractivity contribution is -0.166. The number of esters is 4. The normalized spacial score (nSPS) is 18.2. The Kier molecular flexibility index (Phi) is 23.8. The van der Waals surface area contributed by atoms with Crippen LogP contribution in [0, 0.1) is 71.0 Å². The van der Waals surface area contributed by atoms with Gasteiger partial charge in [0.1, 0.15) is 0 Å². The summed E-state index contributed by atoms with van der Waals surface area (Å²) in [5.74, 6) is -0.270. The van der Waals surface area contributed by atoms with Crippen molar-refractivity contribution in [1.82, 2.24) is 0 Å². The van der Waals surface area contributed by atoms with Crippen LogP contribution in [0.15, 0.2) is 0 Å². The van der Waals surface area contributed by atoms with Crippen molar-refractivity contribution in [2.24, 2.45) is 71.0 Å². The molecular formula is C44H80O8. The third kappa shape index (κ3) is 19.3. The summed E-state index contributed by atoms with van der Waals surface area (Å²) in [5, 5.41) is 0. The minimum absolute atomic E-state index is 0.0265. The van der Waals surface area contributed by atoms with E-state index in [-0.39, 0.29) is 59.4 Å². The van der Waals surface area contributed by atoms with E-state index in [1.54, 1.807) is 0 Å². The molecule has 8 nitrogen and oxygen atoms in total. The van der Waals surface area contributed by atoms with Crippen molar-refractivity contribution in [2.45, 2.75) is 160 Å². The quantitative estimate of drug-likeness (QED) is 0.0898. The Morgan fingerprint density at radius 2 is 0.654 bits per heavy atom. The first-order valence-electron chi connectivity index (χ1n) is 21.1. The predicted molar refractivity (Wildman–Crippen MR) is 209 cm³/mol. The van der Waals surface area contributed by atoms with Crippen LogP contribution in [0.1, 0.15) is 160 Å². The first-order valence-corrected chi connectivity index (χ1v) is 21.1. The fourth-order valence-electron chi connectivity index (χ4n) is 7.48. The summed E-state index contributed by atoms with van der Waals surface area (Å²) in [6.07, 6.45) is 13.8. The molecule has 0 bridgehead atoms. The van der Waals surface area contributed by atoms with Crippen molar-refractivity contribution in [3.8, 4) is 0 Å². The summed E-state index contributed by atoms with van der Waals surface area (Å²) in [7, 11) is 0. The highest BCUT2D eigenvalue weighted by atomic mass is 16.5. The van der Waals surface area contributed by atoms with Crippen LogP contribution in [-0.4, -0.2) is 50.3 Å². The molecule has 52 heavy (non-hydrogen) atoms. The lowest BCUT2D eigenvalue weighted by atomic mass is 9.73. The van der Waals surface area contributed by atoms with E-state index in [0.29, 0.717) is 50.1 Å².